The minimum absolute atomic E-state index is 0.119. The topological polar surface area (TPSA) is 108 Å². The molecule has 0 fully saturated rings. The fourth-order valence-electron chi connectivity index (χ4n) is 1.82. The van der Waals surface area contributed by atoms with Crippen molar-refractivity contribution < 1.29 is 19.0 Å². The zero-order valence-corrected chi connectivity index (χ0v) is 15.5. The van der Waals surface area contributed by atoms with Gasteiger partial charge in [-0.05, 0) is 30.2 Å². The lowest BCUT2D eigenvalue weighted by Gasteiger charge is -2.23. The number of urea groups is 1. The number of rotatable bonds is 7. The average Bonchev–Trinajstić information content (AvgIpc) is 2.51. The van der Waals surface area contributed by atoms with Crippen LogP contribution in [0.3, 0.4) is 0 Å². The number of carbonyl (C=O) groups excluding carboxylic acids is 2. The SMILES string of the molecule is CCC(C)C(NC(=O)Nc1ccc(Br)cc1)C(=O)NC[PH](=O)O. The van der Waals surface area contributed by atoms with Crippen molar-refractivity contribution in [2.45, 2.75) is 26.3 Å². The van der Waals surface area contributed by atoms with Crippen molar-refractivity contribution in [2.75, 3.05) is 11.6 Å². The highest BCUT2D eigenvalue weighted by Gasteiger charge is 2.25. The van der Waals surface area contributed by atoms with Crippen LogP contribution in [-0.2, 0) is 9.36 Å². The van der Waals surface area contributed by atoms with Crippen molar-refractivity contribution in [3.63, 3.8) is 0 Å². The molecule has 4 N–H and O–H groups in total. The first-order valence-electron chi connectivity index (χ1n) is 7.16. The maximum atomic E-state index is 12.1. The molecule has 3 unspecified atom stereocenters. The molecule has 0 radical (unpaired) electrons. The van der Waals surface area contributed by atoms with Gasteiger partial charge >= 0.3 is 6.03 Å². The summed E-state index contributed by atoms with van der Waals surface area (Å²) in [5, 5.41) is 7.62. The average molecular weight is 406 g/mol. The van der Waals surface area contributed by atoms with Gasteiger partial charge in [-0.2, -0.15) is 0 Å². The lowest BCUT2D eigenvalue weighted by Crippen LogP contribution is -2.51. The van der Waals surface area contributed by atoms with Crippen LogP contribution in [-0.4, -0.2) is 29.2 Å². The first-order valence-corrected chi connectivity index (χ1v) is 9.51. The van der Waals surface area contributed by atoms with Gasteiger partial charge < -0.3 is 20.8 Å². The molecule has 0 aliphatic carbocycles. The van der Waals surface area contributed by atoms with Crippen molar-refractivity contribution in [3.05, 3.63) is 28.7 Å². The zero-order valence-electron chi connectivity index (χ0n) is 12.9. The van der Waals surface area contributed by atoms with Crippen molar-refractivity contribution in [1.29, 1.82) is 0 Å². The Hall–Kier alpha value is -1.37. The molecule has 0 aromatic heterocycles. The van der Waals surface area contributed by atoms with Crippen LogP contribution in [0.25, 0.3) is 0 Å². The number of hydrogen-bond acceptors (Lipinski definition) is 3. The first kappa shape index (κ1) is 19.7. The molecule has 0 bridgehead atoms. The molecule has 1 aromatic carbocycles. The van der Waals surface area contributed by atoms with Crippen molar-refractivity contribution >= 4 is 41.6 Å². The number of amides is 3. The third-order valence-electron chi connectivity index (χ3n) is 3.30. The largest absolute Gasteiger partial charge is 0.345 e. The monoisotopic (exact) mass is 405 g/mol. The fraction of sp³-hybridized carbons (Fsp3) is 0.429. The van der Waals surface area contributed by atoms with E-state index in [0.29, 0.717) is 12.1 Å². The van der Waals surface area contributed by atoms with Crippen LogP contribution in [0.4, 0.5) is 10.5 Å². The highest BCUT2D eigenvalue weighted by Crippen LogP contribution is 2.15. The summed E-state index contributed by atoms with van der Waals surface area (Å²) in [5.74, 6) is -0.593. The zero-order chi connectivity index (χ0) is 17.4. The Kier molecular flexibility index (Phi) is 8.30. The molecule has 128 valence electrons. The molecule has 1 rings (SSSR count). The van der Waals surface area contributed by atoms with Gasteiger partial charge in [-0.25, -0.2) is 4.79 Å². The smallest absolute Gasteiger partial charge is 0.319 e. The Labute approximate surface area is 144 Å². The first-order chi connectivity index (χ1) is 10.8. The molecule has 9 heteroatoms. The van der Waals surface area contributed by atoms with E-state index in [-0.39, 0.29) is 12.2 Å². The summed E-state index contributed by atoms with van der Waals surface area (Å²) < 4.78 is 11.6. The van der Waals surface area contributed by atoms with Crippen LogP contribution in [0, 0.1) is 5.92 Å². The molecule has 1 aromatic rings. The summed E-state index contributed by atoms with van der Waals surface area (Å²) >= 11 is 3.30. The Morgan fingerprint density at radius 3 is 2.43 bits per heavy atom. The van der Waals surface area contributed by atoms with Crippen molar-refractivity contribution in [2.24, 2.45) is 5.92 Å². The van der Waals surface area contributed by atoms with E-state index in [4.69, 9.17) is 4.89 Å². The number of halogens is 1. The van der Waals surface area contributed by atoms with Gasteiger partial charge in [-0.3, -0.25) is 9.36 Å². The Morgan fingerprint density at radius 2 is 1.91 bits per heavy atom. The Bertz CT molecular complexity index is 568. The van der Waals surface area contributed by atoms with E-state index in [1.54, 1.807) is 24.3 Å². The highest BCUT2D eigenvalue weighted by molar-refractivity contribution is 9.10. The molecule has 3 atom stereocenters. The standard InChI is InChI=1S/C14H21BrN3O4P/c1-3-9(2)12(13(19)16-8-23(21)22)18-14(20)17-11-6-4-10(15)5-7-11/h4-7,9,12,23H,3,8H2,1-2H3,(H,16,19)(H,21,22)(H2,17,18,20). The van der Waals surface area contributed by atoms with Crippen LogP contribution >= 0.6 is 24.0 Å². The molecule has 7 nitrogen and oxygen atoms in total. The summed E-state index contributed by atoms with van der Waals surface area (Å²) in [6, 6.07) is 5.72. The van der Waals surface area contributed by atoms with E-state index < -0.39 is 26.0 Å². The van der Waals surface area contributed by atoms with Gasteiger partial charge in [0.1, 0.15) is 6.04 Å². The molecular weight excluding hydrogens is 385 g/mol. The predicted molar refractivity (Wildman–Crippen MR) is 93.8 cm³/mol. The van der Waals surface area contributed by atoms with Crippen LogP contribution in [0.15, 0.2) is 28.7 Å². The van der Waals surface area contributed by atoms with Crippen molar-refractivity contribution in [3.8, 4) is 0 Å². The number of hydrogen-bond donors (Lipinski definition) is 4. The molecule has 0 saturated heterocycles. The molecule has 3 amide bonds. The number of anilines is 1. The molecule has 0 saturated carbocycles. The van der Waals surface area contributed by atoms with E-state index in [0.717, 1.165) is 4.47 Å². The summed E-state index contributed by atoms with van der Waals surface area (Å²) in [5.41, 5.74) is 0.592. The van der Waals surface area contributed by atoms with Crippen LogP contribution in [0.2, 0.25) is 0 Å². The highest BCUT2D eigenvalue weighted by atomic mass is 79.9. The minimum Gasteiger partial charge on any atom is -0.345 e. The van der Waals surface area contributed by atoms with E-state index in [9.17, 15) is 14.2 Å². The summed E-state index contributed by atoms with van der Waals surface area (Å²) in [4.78, 5) is 32.9. The maximum absolute atomic E-state index is 12.1. The minimum atomic E-state index is -2.79. The lowest BCUT2D eigenvalue weighted by molar-refractivity contribution is -0.123. The molecule has 0 heterocycles. The van der Waals surface area contributed by atoms with Crippen molar-refractivity contribution in [1.82, 2.24) is 10.6 Å². The normalized spacial score (nSPS) is 14.4. The van der Waals surface area contributed by atoms with Gasteiger partial charge in [0.15, 0.2) is 0 Å². The molecular formula is C14H21BrN3O4P. The van der Waals surface area contributed by atoms with Gasteiger partial charge in [0, 0.05) is 10.2 Å². The number of carbonyl (C=O) groups is 2. The molecule has 0 aliphatic heterocycles. The Balaban J connectivity index is 2.68. The third kappa shape index (κ3) is 7.16. The lowest BCUT2D eigenvalue weighted by atomic mass is 9.98. The van der Waals surface area contributed by atoms with Gasteiger partial charge in [0.25, 0.3) is 0 Å². The molecule has 0 aliphatic rings. The summed E-state index contributed by atoms with van der Waals surface area (Å²) in [6.07, 6.45) is 0.372. The second kappa shape index (κ2) is 9.70. The van der Waals surface area contributed by atoms with Crippen LogP contribution < -0.4 is 16.0 Å². The van der Waals surface area contributed by atoms with Gasteiger partial charge in [-0.1, -0.05) is 36.2 Å². The summed E-state index contributed by atoms with van der Waals surface area (Å²) in [7, 11) is -2.79. The van der Waals surface area contributed by atoms with E-state index in [1.165, 1.54) is 0 Å². The second-order valence-electron chi connectivity index (χ2n) is 5.08. The van der Waals surface area contributed by atoms with E-state index in [1.807, 2.05) is 13.8 Å². The predicted octanol–water partition coefficient (Wildman–Crippen LogP) is 2.53. The van der Waals surface area contributed by atoms with Gasteiger partial charge in [0.2, 0.25) is 13.9 Å². The quantitative estimate of drug-likeness (QED) is 0.522. The summed E-state index contributed by atoms with van der Waals surface area (Å²) in [6.45, 7) is 3.72. The third-order valence-corrected chi connectivity index (χ3v) is 4.31. The molecule has 0 spiro atoms. The van der Waals surface area contributed by atoms with Crippen LogP contribution in [0.1, 0.15) is 20.3 Å². The number of nitrogens with one attached hydrogen (secondary N) is 3. The van der Waals surface area contributed by atoms with E-state index >= 15 is 0 Å². The Morgan fingerprint density at radius 1 is 1.30 bits per heavy atom. The second-order valence-corrected chi connectivity index (χ2v) is 7.14. The van der Waals surface area contributed by atoms with Gasteiger partial charge in [-0.15, -0.1) is 0 Å². The number of benzene rings is 1. The van der Waals surface area contributed by atoms with Gasteiger partial charge in [0.05, 0.1) is 6.29 Å². The fourth-order valence-corrected chi connectivity index (χ4v) is 2.41. The van der Waals surface area contributed by atoms with E-state index in [2.05, 4.69) is 31.9 Å². The van der Waals surface area contributed by atoms with Crippen LogP contribution in [0.5, 0.6) is 0 Å². The maximum Gasteiger partial charge on any atom is 0.319 e. The molecule has 23 heavy (non-hydrogen) atoms.